The molecular weight excluding hydrogens is 276 g/mol. The Labute approximate surface area is 122 Å². The molecule has 0 aliphatic heterocycles. The fourth-order valence-electron chi connectivity index (χ4n) is 1.31. The van der Waals surface area contributed by atoms with Gasteiger partial charge in [0.25, 0.3) is 0 Å². The number of hydrogen-bond acceptors (Lipinski definition) is 5. The number of carboxylic acids is 1. The zero-order valence-corrected chi connectivity index (χ0v) is 11.6. The van der Waals surface area contributed by atoms with Gasteiger partial charge >= 0.3 is 17.9 Å². The molecule has 0 bridgehead atoms. The van der Waals surface area contributed by atoms with Crippen molar-refractivity contribution < 1.29 is 29.0 Å². The Bertz CT molecular complexity index is 532. The maximum absolute atomic E-state index is 11.6. The second kappa shape index (κ2) is 8.52. The molecule has 0 heterocycles. The summed E-state index contributed by atoms with van der Waals surface area (Å²) in [5, 5.41) is 8.41. The van der Waals surface area contributed by atoms with Crippen LogP contribution in [0.4, 0.5) is 0 Å². The van der Waals surface area contributed by atoms with Gasteiger partial charge in [0, 0.05) is 0 Å². The number of carbonyl (C=O) groups excluding carboxylic acids is 2. The fourth-order valence-corrected chi connectivity index (χ4v) is 1.31. The Kier molecular flexibility index (Phi) is 6.67. The van der Waals surface area contributed by atoms with Crippen molar-refractivity contribution >= 4 is 17.9 Å². The lowest BCUT2D eigenvalue weighted by atomic mass is 10.2. The highest BCUT2D eigenvalue weighted by molar-refractivity contribution is 5.88. The molecule has 0 aromatic heterocycles. The van der Waals surface area contributed by atoms with E-state index in [9.17, 15) is 14.4 Å². The summed E-state index contributed by atoms with van der Waals surface area (Å²) >= 11 is 0. The van der Waals surface area contributed by atoms with Crippen LogP contribution in [0.25, 0.3) is 0 Å². The first kappa shape index (κ1) is 16.4. The summed E-state index contributed by atoms with van der Waals surface area (Å²) in [5.74, 6) is -2.41. The van der Waals surface area contributed by atoms with E-state index in [-0.39, 0.29) is 25.0 Å². The third-order valence-electron chi connectivity index (χ3n) is 2.44. The van der Waals surface area contributed by atoms with Crippen molar-refractivity contribution in [2.45, 2.75) is 26.4 Å². The Hall–Kier alpha value is -2.63. The van der Waals surface area contributed by atoms with E-state index in [1.807, 2.05) is 30.3 Å². The molecule has 0 atom stereocenters. The van der Waals surface area contributed by atoms with Crippen molar-refractivity contribution in [2.24, 2.45) is 0 Å². The van der Waals surface area contributed by atoms with Gasteiger partial charge in [-0.3, -0.25) is 9.59 Å². The van der Waals surface area contributed by atoms with Crippen LogP contribution in [0.2, 0.25) is 0 Å². The van der Waals surface area contributed by atoms with Crippen LogP contribution in [-0.4, -0.2) is 23.0 Å². The van der Waals surface area contributed by atoms with Crippen LogP contribution in [0.3, 0.4) is 0 Å². The van der Waals surface area contributed by atoms with Crippen LogP contribution in [0.5, 0.6) is 0 Å². The number of benzene rings is 1. The Morgan fingerprint density at radius 3 is 2.43 bits per heavy atom. The normalized spacial score (nSPS) is 10.8. The van der Waals surface area contributed by atoms with E-state index in [4.69, 9.17) is 9.84 Å². The number of rotatable bonds is 7. The first-order valence-corrected chi connectivity index (χ1v) is 6.28. The van der Waals surface area contributed by atoms with E-state index >= 15 is 0 Å². The van der Waals surface area contributed by atoms with Crippen LogP contribution in [0.15, 0.2) is 42.2 Å². The average molecular weight is 292 g/mol. The van der Waals surface area contributed by atoms with Gasteiger partial charge in [-0.15, -0.1) is 0 Å². The van der Waals surface area contributed by atoms with Gasteiger partial charge in [-0.25, -0.2) is 4.79 Å². The smallest absolute Gasteiger partial charge is 0.337 e. The molecular formula is C15H16O6. The Morgan fingerprint density at radius 1 is 1.14 bits per heavy atom. The van der Waals surface area contributed by atoms with E-state index in [0.29, 0.717) is 0 Å². The predicted octanol–water partition coefficient (Wildman–Crippen LogP) is 2.04. The molecule has 0 aliphatic carbocycles. The molecule has 0 spiro atoms. The molecule has 1 aromatic carbocycles. The molecule has 0 saturated heterocycles. The van der Waals surface area contributed by atoms with E-state index < -0.39 is 17.9 Å². The van der Waals surface area contributed by atoms with Gasteiger partial charge in [0.1, 0.15) is 12.9 Å². The maximum Gasteiger partial charge on any atom is 0.337 e. The van der Waals surface area contributed by atoms with Gasteiger partial charge in [-0.2, -0.15) is 0 Å². The molecule has 0 unspecified atom stereocenters. The zero-order chi connectivity index (χ0) is 15.7. The molecule has 0 aliphatic rings. The van der Waals surface area contributed by atoms with Crippen molar-refractivity contribution in [3.63, 3.8) is 0 Å². The summed E-state index contributed by atoms with van der Waals surface area (Å²) in [6.45, 7) is 1.57. The molecule has 112 valence electrons. The van der Waals surface area contributed by atoms with Crippen LogP contribution in [0.1, 0.15) is 25.3 Å². The van der Waals surface area contributed by atoms with Crippen LogP contribution in [-0.2, 0) is 30.5 Å². The first-order valence-electron chi connectivity index (χ1n) is 6.28. The van der Waals surface area contributed by atoms with Gasteiger partial charge in [0.2, 0.25) is 0 Å². The van der Waals surface area contributed by atoms with E-state index in [0.717, 1.165) is 11.8 Å². The third kappa shape index (κ3) is 6.91. The summed E-state index contributed by atoms with van der Waals surface area (Å²) in [5.41, 5.74) is 0.965. The number of carbonyl (C=O) groups is 3. The minimum atomic E-state index is -1.09. The van der Waals surface area contributed by atoms with Crippen LogP contribution < -0.4 is 0 Å². The monoisotopic (exact) mass is 292 g/mol. The summed E-state index contributed by atoms with van der Waals surface area (Å²) in [6.07, 6.45) is 0.403. The lowest BCUT2D eigenvalue weighted by molar-refractivity contribution is -0.144. The highest BCUT2D eigenvalue weighted by atomic mass is 16.5. The van der Waals surface area contributed by atoms with Gasteiger partial charge in [-0.1, -0.05) is 30.3 Å². The Balaban J connectivity index is 2.37. The molecule has 0 amide bonds. The molecule has 1 rings (SSSR count). The lowest BCUT2D eigenvalue weighted by Crippen LogP contribution is -2.08. The predicted molar refractivity (Wildman–Crippen MR) is 73.0 cm³/mol. The number of ether oxygens (including phenoxy) is 2. The maximum atomic E-state index is 11.6. The van der Waals surface area contributed by atoms with Crippen LogP contribution in [0, 0.1) is 0 Å². The molecule has 21 heavy (non-hydrogen) atoms. The summed E-state index contributed by atoms with van der Waals surface area (Å²) in [6, 6.07) is 9.15. The summed E-state index contributed by atoms with van der Waals surface area (Å²) in [4.78, 5) is 33.1. The van der Waals surface area contributed by atoms with Gasteiger partial charge in [-0.05, 0) is 12.5 Å². The molecule has 1 N–H and O–H groups in total. The zero-order valence-electron chi connectivity index (χ0n) is 11.6. The van der Waals surface area contributed by atoms with Crippen molar-refractivity contribution in [1.29, 1.82) is 0 Å². The van der Waals surface area contributed by atoms with E-state index in [1.54, 1.807) is 0 Å². The number of aliphatic carboxylic acids is 1. The van der Waals surface area contributed by atoms with E-state index in [2.05, 4.69) is 4.74 Å². The fraction of sp³-hybridized carbons (Fsp3) is 0.267. The molecule has 6 heteroatoms. The summed E-state index contributed by atoms with van der Waals surface area (Å²) < 4.78 is 9.69. The molecule has 0 radical (unpaired) electrons. The number of esters is 2. The molecule has 6 nitrogen and oxygen atoms in total. The Morgan fingerprint density at radius 2 is 1.81 bits per heavy atom. The van der Waals surface area contributed by atoms with Crippen LogP contribution >= 0.6 is 0 Å². The standard InChI is InChI=1S/C15H16O6/c1-11(9-20-14(18)8-7-13(16)17)15(19)21-10-12-5-3-2-4-6-12/h2-6,9H,7-8,10H2,1H3,(H,16,17)/b11-9+. The van der Waals surface area contributed by atoms with Gasteiger partial charge in [0.05, 0.1) is 18.4 Å². The number of carboxylic acid groups (broad SMARTS) is 1. The number of hydrogen-bond donors (Lipinski definition) is 1. The second-order valence-electron chi connectivity index (χ2n) is 4.25. The second-order valence-corrected chi connectivity index (χ2v) is 4.25. The average Bonchev–Trinajstić information content (AvgIpc) is 2.49. The molecule has 1 aromatic rings. The van der Waals surface area contributed by atoms with E-state index in [1.165, 1.54) is 6.92 Å². The van der Waals surface area contributed by atoms with Crippen molar-refractivity contribution in [3.8, 4) is 0 Å². The quantitative estimate of drug-likeness (QED) is 0.470. The molecule has 0 fully saturated rings. The SMILES string of the molecule is C/C(=C\OC(=O)CCC(=O)O)C(=O)OCc1ccccc1. The topological polar surface area (TPSA) is 89.9 Å². The van der Waals surface area contributed by atoms with Crippen molar-refractivity contribution in [2.75, 3.05) is 0 Å². The van der Waals surface area contributed by atoms with Crippen molar-refractivity contribution in [3.05, 3.63) is 47.7 Å². The highest BCUT2D eigenvalue weighted by Gasteiger charge is 2.09. The first-order chi connectivity index (χ1) is 9.99. The third-order valence-corrected chi connectivity index (χ3v) is 2.44. The highest BCUT2D eigenvalue weighted by Crippen LogP contribution is 2.05. The van der Waals surface area contributed by atoms with Gasteiger partial charge < -0.3 is 14.6 Å². The lowest BCUT2D eigenvalue weighted by Gasteiger charge is -2.05. The van der Waals surface area contributed by atoms with Crippen molar-refractivity contribution in [1.82, 2.24) is 0 Å². The largest absolute Gasteiger partial charge is 0.481 e. The minimum absolute atomic E-state index is 0.120. The molecule has 0 saturated carbocycles. The van der Waals surface area contributed by atoms with Gasteiger partial charge in [0.15, 0.2) is 0 Å². The summed E-state index contributed by atoms with van der Waals surface area (Å²) in [7, 11) is 0. The minimum Gasteiger partial charge on any atom is -0.481 e.